The lowest BCUT2D eigenvalue weighted by Gasteiger charge is -2.08. The summed E-state index contributed by atoms with van der Waals surface area (Å²) in [4.78, 5) is 16.3. The van der Waals surface area contributed by atoms with Gasteiger partial charge in [-0.1, -0.05) is 6.07 Å². The molecule has 1 aliphatic heterocycles. The van der Waals surface area contributed by atoms with E-state index in [0.717, 1.165) is 5.69 Å². The average molecular weight is 241 g/mol. The van der Waals surface area contributed by atoms with Crippen molar-refractivity contribution in [3.8, 4) is 11.5 Å². The Morgan fingerprint density at radius 1 is 1.28 bits per heavy atom. The predicted molar refractivity (Wildman–Crippen MR) is 64.8 cm³/mol. The molecule has 3 rings (SSSR count). The van der Waals surface area contributed by atoms with Crippen molar-refractivity contribution in [2.45, 2.75) is 12.5 Å². The number of aromatic hydroxyl groups is 1. The van der Waals surface area contributed by atoms with Crippen LogP contribution in [0.2, 0.25) is 0 Å². The first kappa shape index (κ1) is 10.8. The summed E-state index contributed by atoms with van der Waals surface area (Å²) in [5.41, 5.74) is 1.33. The number of hydrogen-bond acceptors (Lipinski definition) is 4. The number of nitrogens with zero attached hydrogens (tertiary/aromatic N) is 1. The van der Waals surface area contributed by atoms with Crippen LogP contribution in [-0.4, -0.2) is 22.0 Å². The number of fused-ring (bicyclic) bond motifs is 1. The molecule has 0 aliphatic carbocycles. The summed E-state index contributed by atoms with van der Waals surface area (Å²) in [5, 5.41) is 9.36. The largest absolute Gasteiger partial charge is 0.508 e. The van der Waals surface area contributed by atoms with Gasteiger partial charge >= 0.3 is 0 Å². The zero-order chi connectivity index (χ0) is 12.5. The number of rotatable bonds is 2. The number of carbonyl (C=O) groups is 1. The van der Waals surface area contributed by atoms with Crippen LogP contribution in [-0.2, 0) is 6.42 Å². The van der Waals surface area contributed by atoms with Gasteiger partial charge in [-0.3, -0.25) is 9.78 Å². The van der Waals surface area contributed by atoms with Crippen LogP contribution in [0.25, 0.3) is 0 Å². The summed E-state index contributed by atoms with van der Waals surface area (Å²) in [6.07, 6.45) is 1.58. The van der Waals surface area contributed by atoms with Crippen LogP contribution in [0.4, 0.5) is 0 Å². The van der Waals surface area contributed by atoms with Gasteiger partial charge < -0.3 is 9.84 Å². The first-order valence-corrected chi connectivity index (χ1v) is 5.68. The summed E-state index contributed by atoms with van der Waals surface area (Å²) in [5.74, 6) is 0.483. The number of phenolic OH excluding ortho intramolecular Hbond substituents is 1. The topological polar surface area (TPSA) is 59.4 Å². The van der Waals surface area contributed by atoms with Crippen LogP contribution in [0.5, 0.6) is 11.5 Å². The minimum absolute atomic E-state index is 0.0596. The Morgan fingerprint density at radius 3 is 2.94 bits per heavy atom. The molecule has 0 saturated heterocycles. The predicted octanol–water partition coefficient (Wildman–Crippen LogP) is 1.97. The van der Waals surface area contributed by atoms with E-state index in [1.54, 1.807) is 12.3 Å². The Bertz CT molecular complexity index is 595. The molecule has 1 unspecified atom stereocenters. The molecule has 1 aliphatic rings. The number of ketones is 1. The molecule has 0 amide bonds. The van der Waals surface area contributed by atoms with Gasteiger partial charge in [0.05, 0.1) is 5.56 Å². The highest BCUT2D eigenvalue weighted by atomic mass is 16.5. The summed E-state index contributed by atoms with van der Waals surface area (Å²) < 4.78 is 5.55. The SMILES string of the molecule is O=C1c2ccc(O)cc2OC1Cc1ccccn1. The monoisotopic (exact) mass is 241 g/mol. The molecular formula is C14H11NO3. The van der Waals surface area contributed by atoms with Gasteiger partial charge in [0, 0.05) is 24.4 Å². The molecular weight excluding hydrogens is 230 g/mol. The van der Waals surface area contributed by atoms with E-state index in [9.17, 15) is 9.90 Å². The summed E-state index contributed by atoms with van der Waals surface area (Å²) in [6, 6.07) is 10.1. The molecule has 2 heterocycles. The zero-order valence-electron chi connectivity index (χ0n) is 9.54. The second kappa shape index (κ2) is 4.14. The third kappa shape index (κ3) is 1.82. The molecule has 0 fully saturated rings. The van der Waals surface area contributed by atoms with Crippen LogP contribution < -0.4 is 4.74 Å². The van der Waals surface area contributed by atoms with Crippen LogP contribution in [0, 0.1) is 0 Å². The Balaban J connectivity index is 1.84. The van der Waals surface area contributed by atoms with Crippen molar-refractivity contribution in [3.63, 3.8) is 0 Å². The number of Topliss-reactive ketones (excluding diaryl/α,β-unsaturated/α-hetero) is 1. The van der Waals surface area contributed by atoms with Gasteiger partial charge in [0.1, 0.15) is 11.5 Å². The van der Waals surface area contributed by atoms with Gasteiger partial charge in [-0.05, 0) is 24.3 Å². The number of benzene rings is 1. The molecule has 1 atom stereocenters. The van der Waals surface area contributed by atoms with Crippen LogP contribution in [0.3, 0.4) is 0 Å². The number of pyridine rings is 1. The van der Waals surface area contributed by atoms with Crippen molar-refractivity contribution >= 4 is 5.78 Å². The van der Waals surface area contributed by atoms with E-state index in [0.29, 0.717) is 17.7 Å². The Kier molecular flexibility index (Phi) is 2.48. The Morgan fingerprint density at radius 2 is 2.17 bits per heavy atom. The first-order chi connectivity index (χ1) is 8.74. The average Bonchev–Trinajstić information content (AvgIpc) is 2.67. The van der Waals surface area contributed by atoms with Crippen molar-refractivity contribution < 1.29 is 14.6 Å². The minimum atomic E-state index is -0.545. The second-order valence-corrected chi connectivity index (χ2v) is 4.18. The maximum absolute atomic E-state index is 12.1. The van der Waals surface area contributed by atoms with E-state index in [2.05, 4.69) is 4.98 Å². The normalized spacial score (nSPS) is 17.3. The van der Waals surface area contributed by atoms with Crippen LogP contribution in [0.15, 0.2) is 42.6 Å². The number of phenols is 1. The maximum Gasteiger partial charge on any atom is 0.207 e. The molecule has 90 valence electrons. The molecule has 2 aromatic rings. The van der Waals surface area contributed by atoms with Crippen molar-refractivity contribution in [2.24, 2.45) is 0 Å². The Hall–Kier alpha value is -2.36. The lowest BCUT2D eigenvalue weighted by Crippen LogP contribution is -2.23. The lowest BCUT2D eigenvalue weighted by molar-refractivity contribution is 0.0856. The molecule has 0 radical (unpaired) electrons. The molecule has 0 spiro atoms. The van der Waals surface area contributed by atoms with Crippen LogP contribution in [0.1, 0.15) is 16.1 Å². The summed E-state index contributed by atoms with van der Waals surface area (Å²) in [7, 11) is 0. The molecule has 18 heavy (non-hydrogen) atoms. The number of ether oxygens (including phenoxy) is 1. The smallest absolute Gasteiger partial charge is 0.207 e. The van der Waals surface area contributed by atoms with E-state index in [-0.39, 0.29) is 11.5 Å². The van der Waals surface area contributed by atoms with Gasteiger partial charge in [-0.15, -0.1) is 0 Å². The van der Waals surface area contributed by atoms with E-state index < -0.39 is 6.10 Å². The fourth-order valence-electron chi connectivity index (χ4n) is 2.04. The molecule has 1 aromatic heterocycles. The third-order valence-corrected chi connectivity index (χ3v) is 2.91. The Labute approximate surface area is 104 Å². The van der Waals surface area contributed by atoms with Crippen LogP contribution >= 0.6 is 0 Å². The van der Waals surface area contributed by atoms with Gasteiger partial charge in [-0.25, -0.2) is 0 Å². The highest BCUT2D eigenvalue weighted by Gasteiger charge is 2.32. The third-order valence-electron chi connectivity index (χ3n) is 2.91. The highest BCUT2D eigenvalue weighted by molar-refractivity contribution is 6.04. The summed E-state index contributed by atoms with van der Waals surface area (Å²) >= 11 is 0. The van der Waals surface area contributed by atoms with E-state index >= 15 is 0 Å². The van der Waals surface area contributed by atoms with Gasteiger partial charge in [0.2, 0.25) is 5.78 Å². The van der Waals surface area contributed by atoms with E-state index in [4.69, 9.17) is 4.74 Å². The van der Waals surface area contributed by atoms with Crippen molar-refractivity contribution in [2.75, 3.05) is 0 Å². The highest BCUT2D eigenvalue weighted by Crippen LogP contribution is 2.32. The molecule has 4 nitrogen and oxygen atoms in total. The standard InChI is InChI=1S/C14H11NO3/c16-10-4-5-11-12(8-10)18-13(14(11)17)7-9-3-1-2-6-15-9/h1-6,8,13,16H,7H2. The first-order valence-electron chi connectivity index (χ1n) is 5.68. The van der Waals surface area contributed by atoms with Gasteiger partial charge in [0.25, 0.3) is 0 Å². The van der Waals surface area contributed by atoms with Gasteiger partial charge in [0.15, 0.2) is 6.10 Å². The molecule has 1 aromatic carbocycles. The second-order valence-electron chi connectivity index (χ2n) is 4.18. The molecule has 1 N–H and O–H groups in total. The van der Waals surface area contributed by atoms with Crippen molar-refractivity contribution in [1.82, 2.24) is 4.98 Å². The fraction of sp³-hybridized carbons (Fsp3) is 0.143. The number of aromatic nitrogens is 1. The fourth-order valence-corrected chi connectivity index (χ4v) is 2.04. The molecule has 4 heteroatoms. The van der Waals surface area contributed by atoms with E-state index in [1.807, 2.05) is 18.2 Å². The van der Waals surface area contributed by atoms with E-state index in [1.165, 1.54) is 12.1 Å². The molecule has 0 saturated carbocycles. The van der Waals surface area contributed by atoms with Gasteiger partial charge in [-0.2, -0.15) is 0 Å². The van der Waals surface area contributed by atoms with Crippen molar-refractivity contribution in [1.29, 1.82) is 0 Å². The maximum atomic E-state index is 12.1. The lowest BCUT2D eigenvalue weighted by atomic mass is 10.0. The van der Waals surface area contributed by atoms with Crippen molar-refractivity contribution in [3.05, 3.63) is 53.9 Å². The molecule has 0 bridgehead atoms. The summed E-state index contributed by atoms with van der Waals surface area (Å²) in [6.45, 7) is 0. The number of carbonyl (C=O) groups excluding carboxylic acids is 1. The zero-order valence-corrected chi connectivity index (χ0v) is 9.54. The minimum Gasteiger partial charge on any atom is -0.508 e. The quantitative estimate of drug-likeness (QED) is 0.873. The number of hydrogen-bond donors (Lipinski definition) is 1.